The number of hydrogen-bond donors (Lipinski definition) is 1. The zero-order valence-corrected chi connectivity index (χ0v) is 26.6. The van der Waals surface area contributed by atoms with Crippen molar-refractivity contribution < 1.29 is 14.3 Å². The van der Waals surface area contributed by atoms with Crippen molar-refractivity contribution in [1.29, 1.82) is 0 Å². The molecule has 1 fully saturated rings. The van der Waals surface area contributed by atoms with Crippen molar-refractivity contribution in [2.45, 2.75) is 103 Å². The lowest BCUT2D eigenvalue weighted by atomic mass is 9.89. The molecule has 1 aliphatic carbocycles. The molecule has 0 unspecified atom stereocenters. The lowest BCUT2D eigenvalue weighted by Gasteiger charge is -2.42. The predicted molar refractivity (Wildman–Crippen MR) is 173 cm³/mol. The van der Waals surface area contributed by atoms with Gasteiger partial charge in [0.15, 0.2) is 0 Å². The van der Waals surface area contributed by atoms with E-state index in [2.05, 4.69) is 70.9 Å². The number of pyridine rings is 1. The van der Waals surface area contributed by atoms with E-state index in [1.165, 1.54) is 33.5 Å². The summed E-state index contributed by atoms with van der Waals surface area (Å²) >= 11 is 0. The molecule has 7 heteroatoms. The molecule has 3 aromatic rings. The second-order valence-corrected chi connectivity index (χ2v) is 13.7. The number of benzene rings is 2. The van der Waals surface area contributed by atoms with E-state index in [4.69, 9.17) is 14.5 Å². The summed E-state index contributed by atoms with van der Waals surface area (Å²) in [5, 5.41) is 3.71. The lowest BCUT2D eigenvalue weighted by molar-refractivity contribution is 0.00400. The smallest absolute Gasteiger partial charge is 0.410 e. The molecule has 2 aliphatic heterocycles. The number of rotatable bonds is 8. The largest absolute Gasteiger partial charge is 0.444 e. The van der Waals surface area contributed by atoms with Crippen LogP contribution >= 0.6 is 0 Å². The van der Waals surface area contributed by atoms with Crippen molar-refractivity contribution in [3.05, 3.63) is 100 Å². The molecule has 1 amide bonds. The van der Waals surface area contributed by atoms with E-state index in [1.54, 1.807) is 0 Å². The topological polar surface area (TPSA) is 66.9 Å². The fourth-order valence-corrected chi connectivity index (χ4v) is 6.96. The van der Waals surface area contributed by atoms with Gasteiger partial charge in [0.05, 0.1) is 17.8 Å². The zero-order valence-electron chi connectivity index (χ0n) is 26.6. The summed E-state index contributed by atoms with van der Waals surface area (Å²) in [6, 6.07) is 22.6. The highest BCUT2D eigenvalue weighted by atomic mass is 16.6. The molecule has 0 spiro atoms. The molecule has 3 heterocycles. The van der Waals surface area contributed by atoms with Crippen LogP contribution in [-0.4, -0.2) is 58.3 Å². The second kappa shape index (κ2) is 13.8. The Hall–Kier alpha value is -3.26. The Kier molecular flexibility index (Phi) is 9.65. The fourth-order valence-electron chi connectivity index (χ4n) is 6.96. The SMILES string of the molecule is CC(C)(C)OC(=O)N1Cc2ccccc2C[C@@H]1CN(Cc1ccc(CNC2CCOCC2)cc1)[C@H]1CCCc2cccnc21. The maximum Gasteiger partial charge on any atom is 0.410 e. The maximum atomic E-state index is 13.6. The molecule has 0 bridgehead atoms. The third-order valence-electron chi connectivity index (χ3n) is 9.26. The fraction of sp³-hybridized carbons (Fsp3) is 0.514. The third kappa shape index (κ3) is 7.68. The summed E-state index contributed by atoms with van der Waals surface area (Å²) in [4.78, 5) is 23.1. The van der Waals surface area contributed by atoms with Crippen LogP contribution in [-0.2, 0) is 41.9 Å². The average molecular weight is 597 g/mol. The predicted octanol–water partition coefficient (Wildman–Crippen LogP) is 6.59. The van der Waals surface area contributed by atoms with Crippen molar-refractivity contribution >= 4 is 6.09 Å². The second-order valence-electron chi connectivity index (χ2n) is 13.7. The third-order valence-corrected chi connectivity index (χ3v) is 9.26. The number of nitrogens with one attached hydrogen (secondary N) is 1. The van der Waals surface area contributed by atoms with Crippen molar-refractivity contribution in [3.8, 4) is 0 Å². The lowest BCUT2D eigenvalue weighted by Crippen LogP contribution is -2.52. The summed E-state index contributed by atoms with van der Waals surface area (Å²) in [5.74, 6) is 0. The number of ether oxygens (including phenoxy) is 2. The molecule has 2 aromatic carbocycles. The van der Waals surface area contributed by atoms with Gasteiger partial charge in [-0.05, 0) is 93.2 Å². The van der Waals surface area contributed by atoms with Gasteiger partial charge in [0, 0.05) is 51.6 Å². The summed E-state index contributed by atoms with van der Waals surface area (Å²) in [7, 11) is 0. The zero-order chi connectivity index (χ0) is 30.5. The summed E-state index contributed by atoms with van der Waals surface area (Å²) in [5.41, 5.74) is 7.10. The van der Waals surface area contributed by atoms with Crippen LogP contribution < -0.4 is 5.32 Å². The van der Waals surface area contributed by atoms with E-state index in [9.17, 15) is 4.79 Å². The standard InChI is InChI=1S/C37H48N4O3/c1-37(2,3)44-36(42)41-25-31-9-5-4-8-30(31)22-33(41)26-40(34-12-6-10-29-11-7-19-38-35(29)34)24-28-15-13-27(14-16-28)23-39-32-17-20-43-21-18-32/h4-5,7-9,11,13-16,19,32-34,39H,6,10,12,17-18,20-26H2,1-3H3/t33-,34+/m1/s1. The highest BCUT2D eigenvalue weighted by Crippen LogP contribution is 2.35. The molecule has 1 aromatic heterocycles. The molecule has 234 valence electrons. The van der Waals surface area contributed by atoms with Gasteiger partial charge in [0.25, 0.3) is 0 Å². The number of aryl methyl sites for hydroxylation is 1. The van der Waals surface area contributed by atoms with E-state index in [-0.39, 0.29) is 18.2 Å². The van der Waals surface area contributed by atoms with E-state index in [0.717, 1.165) is 71.4 Å². The number of fused-ring (bicyclic) bond motifs is 2. The average Bonchev–Trinajstić information content (AvgIpc) is 3.03. The minimum absolute atomic E-state index is 0.00298. The van der Waals surface area contributed by atoms with Gasteiger partial charge in [-0.25, -0.2) is 4.79 Å². The normalized spacial score (nSPS) is 20.7. The first-order chi connectivity index (χ1) is 21.3. The van der Waals surface area contributed by atoms with Crippen molar-refractivity contribution in [1.82, 2.24) is 20.1 Å². The number of hydrogen-bond acceptors (Lipinski definition) is 6. The monoisotopic (exact) mass is 596 g/mol. The van der Waals surface area contributed by atoms with Gasteiger partial charge in [0.2, 0.25) is 0 Å². The van der Waals surface area contributed by atoms with Gasteiger partial charge in [-0.15, -0.1) is 0 Å². The van der Waals surface area contributed by atoms with Gasteiger partial charge in [0.1, 0.15) is 5.60 Å². The van der Waals surface area contributed by atoms with Crippen molar-refractivity contribution in [2.75, 3.05) is 19.8 Å². The maximum absolute atomic E-state index is 13.6. The van der Waals surface area contributed by atoms with Crippen LogP contribution in [0.1, 0.15) is 86.0 Å². The molecule has 7 nitrogen and oxygen atoms in total. The summed E-state index contributed by atoms with van der Waals surface area (Å²) in [6.07, 6.45) is 7.94. The molecule has 3 aliphatic rings. The molecule has 44 heavy (non-hydrogen) atoms. The van der Waals surface area contributed by atoms with E-state index >= 15 is 0 Å². The molecule has 0 saturated carbocycles. The Bertz CT molecular complexity index is 1400. The van der Waals surface area contributed by atoms with E-state index < -0.39 is 5.60 Å². The van der Waals surface area contributed by atoms with Gasteiger partial charge in [-0.2, -0.15) is 0 Å². The summed E-state index contributed by atoms with van der Waals surface area (Å²) in [6.45, 7) is 10.5. The molecule has 0 radical (unpaired) electrons. The number of amides is 1. The van der Waals surface area contributed by atoms with Crippen LogP contribution in [0.3, 0.4) is 0 Å². The quantitative estimate of drug-likeness (QED) is 0.317. The minimum atomic E-state index is -0.550. The minimum Gasteiger partial charge on any atom is -0.444 e. The van der Waals surface area contributed by atoms with Crippen LogP contribution in [0.2, 0.25) is 0 Å². The Morgan fingerprint density at radius 1 is 0.977 bits per heavy atom. The molecule has 6 rings (SSSR count). The van der Waals surface area contributed by atoms with Crippen LogP contribution in [0.15, 0.2) is 66.9 Å². The van der Waals surface area contributed by atoms with Gasteiger partial charge in [-0.3, -0.25) is 14.8 Å². The highest BCUT2D eigenvalue weighted by Gasteiger charge is 2.36. The Morgan fingerprint density at radius 2 is 1.70 bits per heavy atom. The first-order valence-corrected chi connectivity index (χ1v) is 16.5. The van der Waals surface area contributed by atoms with Crippen LogP contribution in [0, 0.1) is 0 Å². The number of carbonyl (C=O) groups is 1. The van der Waals surface area contributed by atoms with Crippen LogP contribution in [0.4, 0.5) is 4.79 Å². The van der Waals surface area contributed by atoms with Crippen LogP contribution in [0.5, 0.6) is 0 Å². The Morgan fingerprint density at radius 3 is 2.48 bits per heavy atom. The first kappa shape index (κ1) is 30.8. The molecular weight excluding hydrogens is 548 g/mol. The van der Waals surface area contributed by atoms with E-state index in [1.807, 2.05) is 31.9 Å². The van der Waals surface area contributed by atoms with E-state index in [0.29, 0.717) is 12.6 Å². The molecule has 1 N–H and O–H groups in total. The molecule has 2 atom stereocenters. The van der Waals surface area contributed by atoms with Crippen molar-refractivity contribution in [2.24, 2.45) is 0 Å². The number of carbonyl (C=O) groups excluding carboxylic acids is 1. The summed E-state index contributed by atoms with van der Waals surface area (Å²) < 4.78 is 11.5. The van der Waals surface area contributed by atoms with Gasteiger partial charge < -0.3 is 14.8 Å². The van der Waals surface area contributed by atoms with Gasteiger partial charge in [-0.1, -0.05) is 54.6 Å². The van der Waals surface area contributed by atoms with Crippen molar-refractivity contribution in [3.63, 3.8) is 0 Å². The Labute approximate surface area is 263 Å². The molecular formula is C37H48N4O3. The first-order valence-electron chi connectivity index (χ1n) is 16.5. The van der Waals surface area contributed by atoms with Gasteiger partial charge >= 0.3 is 6.09 Å². The Balaban J connectivity index is 1.25. The number of aromatic nitrogens is 1. The highest BCUT2D eigenvalue weighted by molar-refractivity contribution is 5.69. The number of nitrogens with zero attached hydrogens (tertiary/aromatic N) is 3. The van der Waals surface area contributed by atoms with Crippen LogP contribution in [0.25, 0.3) is 0 Å². The molecule has 1 saturated heterocycles.